The first-order valence-electron chi connectivity index (χ1n) is 52.2. The predicted octanol–water partition coefficient (Wildman–Crippen LogP) is 11.0. The van der Waals surface area contributed by atoms with Gasteiger partial charge in [0.1, 0.15) is 128 Å². The van der Waals surface area contributed by atoms with Crippen LogP contribution in [0.15, 0.2) is 0 Å². The Morgan fingerprint density at radius 2 is 0.540 bits per heavy atom. The van der Waals surface area contributed by atoms with Crippen LogP contribution >= 0.6 is 0 Å². The molecule has 34 atom stereocenters. The fourth-order valence-electron chi connectivity index (χ4n) is 18.0. The van der Waals surface area contributed by atoms with Crippen LogP contribution < -0.4 is 0 Å². The zero-order chi connectivity index (χ0) is 101. The summed E-state index contributed by atoms with van der Waals surface area (Å²) in [5.41, 5.74) is -1.60. The van der Waals surface area contributed by atoms with Crippen LogP contribution in [0, 0.1) is 5.92 Å². The Bertz CT molecular complexity index is 3390. The van der Waals surface area contributed by atoms with E-state index in [-0.39, 0.29) is 119 Å². The fourth-order valence-corrected chi connectivity index (χ4v) is 18.0. The highest BCUT2D eigenvalue weighted by molar-refractivity contribution is 5.68. The summed E-state index contributed by atoms with van der Waals surface area (Å²) in [7, 11) is 0. The molecular weight excluding hydrogens is 1830 g/mol. The van der Waals surface area contributed by atoms with Crippen LogP contribution in [0.2, 0.25) is 0 Å². The van der Waals surface area contributed by atoms with Crippen molar-refractivity contribution in [2.24, 2.45) is 5.92 Å². The quantitative estimate of drug-likeness (QED) is 0.0324. The molecule has 0 radical (unpaired) electrons. The van der Waals surface area contributed by atoms with Crippen molar-refractivity contribution in [3.05, 3.63) is 0 Å². The summed E-state index contributed by atoms with van der Waals surface area (Å²) in [6.45, 7) is 32.5. The third kappa shape index (κ3) is 36.6. The Hall–Kier alpha value is -4.26. The Kier molecular flexibility index (Phi) is 55.9. The number of hydrogen-bond donors (Lipinski definition) is 2. The zero-order valence-electron chi connectivity index (χ0n) is 86.5. The normalized spacial score (nSPS) is 35.7. The third-order valence-corrected chi connectivity index (χ3v) is 25.8. The van der Waals surface area contributed by atoms with Crippen molar-refractivity contribution >= 4 is 35.8 Å². The number of rotatable bonds is 57. The van der Waals surface area contributed by atoms with Gasteiger partial charge in [-0.25, -0.2) is 0 Å². The highest BCUT2D eigenvalue weighted by Gasteiger charge is 2.65. The maximum Gasteiger partial charge on any atom is 0.303 e. The van der Waals surface area contributed by atoms with E-state index in [1.807, 2.05) is 90.0 Å². The maximum absolute atomic E-state index is 14.4. The largest absolute Gasteiger partial charge is 0.459 e. The summed E-state index contributed by atoms with van der Waals surface area (Å²) < 4.78 is 215. The molecule has 0 aromatic carbocycles. The van der Waals surface area contributed by atoms with Crippen LogP contribution in [0.4, 0.5) is 0 Å². The van der Waals surface area contributed by atoms with Gasteiger partial charge in [0.2, 0.25) is 0 Å². The first-order valence-corrected chi connectivity index (χ1v) is 52.2. The minimum absolute atomic E-state index is 0.00321. The van der Waals surface area contributed by atoms with Gasteiger partial charge >= 0.3 is 35.8 Å². The molecule has 21 heterocycles. The van der Waals surface area contributed by atoms with Gasteiger partial charge in [0.25, 0.3) is 0 Å². The lowest BCUT2D eigenvalue weighted by atomic mass is 9.78. The van der Waals surface area contributed by atoms with Gasteiger partial charge < -0.3 is 157 Å². The molecule has 0 aromatic rings. The molecule has 0 aliphatic carbocycles. The Labute approximate surface area is 824 Å². The molecule has 0 unspecified atom stereocenters. The van der Waals surface area contributed by atoms with Gasteiger partial charge in [0, 0.05) is 127 Å². The SMILES string of the molecule is CCCCOC[C@H]1O[C@H]2C[C@@H](OC(C)=O)[C@@H]1O[C@H]1O[C@H](COCCCC)[C@@H](O[C@H]3O[C@H](COCCCC)[C@@H](O[C@H]4O[C@H](CO)[C@@H](O[C@H]5O[C@H](COCCCC)[C@@](C)(O[C@H]6O[C@H](COCCCC)[C@@H](O[C@H]7O[C@H](COCCCC)[C@@H](O2)[C@H](OC(C)=O)[C@H]7OCCCC)[C@H](OC(C)=O)[C@H]6OCCCC)[C@H](C)[C@H]5OCCCC)[C@H](OC(C)=O)[C@H]4O)[C@H](OC(C)=O)[C@H]3OCCCC)[C@H](OC(C)=O)[C@H]1OCCCC. The van der Waals surface area contributed by atoms with Gasteiger partial charge in [-0.2, -0.15) is 0 Å². The molecule has 0 spiro atoms. The highest BCUT2D eigenvalue weighted by atomic mass is 16.8. The topological polar surface area (TPSA) is 429 Å². The van der Waals surface area contributed by atoms with E-state index < -0.39 is 251 Å². The highest BCUT2D eigenvalue weighted by Crippen LogP contribution is 2.47. The molecule has 0 amide bonds. The second-order valence-electron chi connectivity index (χ2n) is 37.4. The molecule has 39 nitrogen and oxygen atoms in total. The fraction of sp³-hybridized carbons (Fsp3) is 0.940. The summed E-state index contributed by atoms with van der Waals surface area (Å²) in [6, 6.07) is 0. The lowest BCUT2D eigenvalue weighted by Crippen LogP contribution is -2.70. The Morgan fingerprint density at radius 3 is 0.871 bits per heavy atom. The molecule has 39 heteroatoms. The van der Waals surface area contributed by atoms with Crippen LogP contribution in [-0.4, -0.2) is 367 Å². The predicted molar refractivity (Wildman–Crippen MR) is 497 cm³/mol. The van der Waals surface area contributed by atoms with Crippen LogP contribution in [0.3, 0.4) is 0 Å². The van der Waals surface area contributed by atoms with E-state index in [2.05, 4.69) is 0 Å². The zero-order valence-corrected chi connectivity index (χ0v) is 86.5. The molecule has 21 rings (SSSR count). The molecule has 21 aliphatic rings. The molecule has 139 heavy (non-hydrogen) atoms. The van der Waals surface area contributed by atoms with Gasteiger partial charge in [0.05, 0.1) is 46.2 Å². The number of esters is 6. The number of aliphatic hydroxyl groups excluding tert-OH is 2. The summed E-state index contributed by atoms with van der Waals surface area (Å²) >= 11 is 0. The first kappa shape index (κ1) is 120. The maximum atomic E-state index is 14.4. The second kappa shape index (κ2) is 64.8. The van der Waals surface area contributed by atoms with Crippen molar-refractivity contribution in [2.75, 3.05) is 119 Å². The van der Waals surface area contributed by atoms with Gasteiger partial charge in [-0.3, -0.25) is 28.8 Å². The number of aliphatic hydroxyl groups is 2. The summed E-state index contributed by atoms with van der Waals surface area (Å²) in [5, 5.41) is 25.2. The van der Waals surface area contributed by atoms with Crippen LogP contribution in [0.1, 0.15) is 279 Å². The number of carbonyl (C=O) groups is 6. The Morgan fingerprint density at radius 1 is 0.281 bits per heavy atom. The summed E-state index contributed by atoms with van der Waals surface area (Å²) in [6.07, 6.45) is -33.4. The molecule has 0 aromatic heterocycles. The number of hydrogen-bond acceptors (Lipinski definition) is 39. The van der Waals surface area contributed by atoms with Crippen molar-refractivity contribution in [3.8, 4) is 0 Å². The number of carbonyl (C=O) groups excluding carboxylic acids is 6. The molecule has 0 saturated carbocycles. The minimum Gasteiger partial charge on any atom is -0.459 e. The molecule has 21 saturated heterocycles. The van der Waals surface area contributed by atoms with Gasteiger partial charge in [0.15, 0.2) is 74.6 Å². The van der Waals surface area contributed by atoms with E-state index in [1.54, 1.807) is 0 Å². The van der Waals surface area contributed by atoms with Crippen molar-refractivity contribution in [2.45, 2.75) is 481 Å². The number of unbranched alkanes of at least 4 members (excludes halogenated alkanes) is 11. The van der Waals surface area contributed by atoms with E-state index in [1.165, 1.54) is 34.6 Å². The van der Waals surface area contributed by atoms with Crippen molar-refractivity contribution in [1.82, 2.24) is 0 Å². The lowest BCUT2D eigenvalue weighted by molar-refractivity contribution is -0.411. The third-order valence-electron chi connectivity index (χ3n) is 25.8. The molecule has 21 aliphatic heterocycles. The van der Waals surface area contributed by atoms with Crippen molar-refractivity contribution in [1.29, 1.82) is 0 Å². The van der Waals surface area contributed by atoms with Crippen LogP contribution in [0.5, 0.6) is 0 Å². The minimum atomic E-state index is -2.02. The smallest absolute Gasteiger partial charge is 0.303 e. The van der Waals surface area contributed by atoms with Gasteiger partial charge in [-0.05, 0) is 77.6 Å². The van der Waals surface area contributed by atoms with Crippen LogP contribution in [-0.2, 0) is 176 Å². The Balaban J connectivity index is 1.44. The second-order valence-corrected chi connectivity index (χ2v) is 37.4. The summed E-state index contributed by atoms with van der Waals surface area (Å²) in [4.78, 5) is 85.2. The van der Waals surface area contributed by atoms with E-state index in [0.29, 0.717) is 109 Å². The van der Waals surface area contributed by atoms with Gasteiger partial charge in [-0.1, -0.05) is 154 Å². The molecule has 21 fully saturated rings. The van der Waals surface area contributed by atoms with E-state index in [9.17, 15) is 39.0 Å². The van der Waals surface area contributed by atoms with E-state index in [0.717, 1.165) is 39.0 Å². The molecular formula is C100H174O39. The van der Waals surface area contributed by atoms with Crippen molar-refractivity contribution < 1.29 is 186 Å². The monoisotopic (exact) mass is 2000 g/mol. The number of ether oxygens (including phenoxy) is 31. The molecule has 808 valence electrons. The lowest BCUT2D eigenvalue weighted by Gasteiger charge is -2.55. The van der Waals surface area contributed by atoms with E-state index >= 15 is 0 Å². The molecule has 14 bridgehead atoms. The average molecular weight is 2000 g/mol. The standard InChI is InChI=1S/C100H174O39/c1-20-31-42-109-55-70-79-68(120-62(13)102)53-76(126-70)133-81-71(56-110-43-32-21-2)128-97(90(116-49-38-27-8)86(81)122-64(15)104)138-84-74(59-113-46-35-24-5)131-99(93(119-52-41-30-11)89(84)125-67(18)107)139-100(19)61(12)78(115-48-37-26-7)95(132-75(100)60-114-47-36-25-6)136-80-69(54-101)127-94(77(108)85(80)121-63(14)103)135-82-72(57-111-44-33-22-3)130-98(92(118-51-40-29-10)87(82)123-65(16)105)137-83-73(58-112-45-34-23-4)129-96(134-79)91(117-50-39-28-9)88(83)124-66(17)106/h61,68-99,101,108H,20-60H2,1-19H3/t61-,68-,69-,70-,71-,72-,73-,74-,75-,76-,77-,78-,79+,80-,81-,82-,83-,84-,85-,86+,87+,88+,89+,90-,91-,92-,93-,94-,95-,96-,97-,98-,99-,100+/m1/s1. The van der Waals surface area contributed by atoms with Crippen LogP contribution in [0.25, 0.3) is 0 Å². The average Bonchev–Trinajstić information content (AvgIpc) is 0.983. The van der Waals surface area contributed by atoms with Crippen molar-refractivity contribution in [3.63, 3.8) is 0 Å². The summed E-state index contributed by atoms with van der Waals surface area (Å²) in [5.74, 6) is -5.58. The van der Waals surface area contributed by atoms with E-state index in [4.69, 9.17) is 147 Å². The first-order chi connectivity index (χ1) is 67.1. The molecule has 2 N–H and O–H groups in total. The van der Waals surface area contributed by atoms with Gasteiger partial charge in [-0.15, -0.1) is 0 Å².